The molecule has 0 spiro atoms. The number of nitrogens with zero attached hydrogens (tertiary/aromatic N) is 4. The lowest BCUT2D eigenvalue weighted by atomic mass is 10.1. The number of aromatic nitrogens is 3. The molecular formula is C25H26N4O2S. The molecule has 0 fully saturated rings. The summed E-state index contributed by atoms with van der Waals surface area (Å²) in [6.45, 7) is 8.50. The van der Waals surface area contributed by atoms with Gasteiger partial charge in [0.2, 0.25) is 0 Å². The number of hydrogen-bond acceptors (Lipinski definition) is 4. The van der Waals surface area contributed by atoms with Gasteiger partial charge in [-0.25, -0.2) is 9.67 Å². The predicted octanol–water partition coefficient (Wildman–Crippen LogP) is 4.75. The molecule has 0 atom stereocenters. The molecule has 0 unspecified atom stereocenters. The summed E-state index contributed by atoms with van der Waals surface area (Å²) in [5.41, 5.74) is 4.04. The fourth-order valence-electron chi connectivity index (χ4n) is 3.79. The number of aryl methyl sites for hydroxylation is 1. The number of rotatable bonds is 6. The van der Waals surface area contributed by atoms with E-state index >= 15 is 0 Å². The van der Waals surface area contributed by atoms with Crippen molar-refractivity contribution in [3.05, 3.63) is 93.0 Å². The number of ether oxygens (including phenoxy) is 1. The Bertz CT molecular complexity index is 1390. The van der Waals surface area contributed by atoms with Crippen molar-refractivity contribution < 1.29 is 4.74 Å². The third-order valence-electron chi connectivity index (χ3n) is 5.49. The van der Waals surface area contributed by atoms with E-state index in [1.165, 1.54) is 0 Å². The highest BCUT2D eigenvalue weighted by molar-refractivity contribution is 7.09. The van der Waals surface area contributed by atoms with Gasteiger partial charge in [0.05, 0.1) is 24.2 Å². The lowest BCUT2D eigenvalue weighted by Crippen LogP contribution is -2.20. The van der Waals surface area contributed by atoms with Crippen molar-refractivity contribution in [3.63, 3.8) is 0 Å². The molecule has 4 rings (SSSR count). The number of para-hydroxylation sites is 1. The quantitative estimate of drug-likeness (QED) is 0.401. The summed E-state index contributed by atoms with van der Waals surface area (Å²) in [4.78, 5) is 20.1. The second-order valence-corrected chi connectivity index (χ2v) is 8.62. The molecule has 0 radical (unpaired) electrons. The van der Waals surface area contributed by atoms with Gasteiger partial charge >= 0.3 is 0 Å². The number of methoxy groups -OCH3 is 1. The molecule has 0 bridgehead atoms. The molecule has 32 heavy (non-hydrogen) atoms. The van der Waals surface area contributed by atoms with Gasteiger partial charge in [0, 0.05) is 18.5 Å². The van der Waals surface area contributed by atoms with Crippen LogP contribution in [0.15, 0.2) is 77.0 Å². The zero-order valence-electron chi connectivity index (χ0n) is 18.7. The molecule has 0 aliphatic heterocycles. The van der Waals surface area contributed by atoms with Gasteiger partial charge in [-0.3, -0.25) is 9.48 Å². The van der Waals surface area contributed by atoms with Crippen LogP contribution in [-0.4, -0.2) is 21.0 Å². The number of allylic oxidation sites excluding steroid dienone is 1. The smallest absolute Gasteiger partial charge is 0.297 e. The van der Waals surface area contributed by atoms with E-state index in [1.54, 1.807) is 23.1 Å². The van der Waals surface area contributed by atoms with Gasteiger partial charge in [-0.1, -0.05) is 24.3 Å². The van der Waals surface area contributed by atoms with Crippen molar-refractivity contribution in [1.82, 2.24) is 13.9 Å². The zero-order chi connectivity index (χ0) is 22.8. The van der Waals surface area contributed by atoms with Crippen molar-refractivity contribution in [1.29, 1.82) is 0 Å². The molecule has 0 N–H and O–H groups in total. The topological polar surface area (TPSA) is 53.4 Å². The molecule has 7 heteroatoms. The van der Waals surface area contributed by atoms with E-state index in [1.807, 2.05) is 79.3 Å². The average Bonchev–Trinajstić information content (AvgIpc) is 3.22. The minimum atomic E-state index is -0.140. The first-order chi connectivity index (χ1) is 15.5. The van der Waals surface area contributed by atoms with Crippen LogP contribution in [0.2, 0.25) is 0 Å². The minimum Gasteiger partial charge on any atom is -0.497 e. The monoisotopic (exact) mass is 446 g/mol. The Labute approximate surface area is 191 Å². The molecule has 2 aromatic heterocycles. The largest absolute Gasteiger partial charge is 0.497 e. The highest BCUT2D eigenvalue weighted by atomic mass is 32.1. The van der Waals surface area contributed by atoms with Crippen LogP contribution in [0.5, 0.6) is 5.75 Å². The van der Waals surface area contributed by atoms with Crippen LogP contribution in [0.25, 0.3) is 16.9 Å². The van der Waals surface area contributed by atoms with E-state index in [0.29, 0.717) is 12.2 Å². The Balaban J connectivity index is 1.92. The van der Waals surface area contributed by atoms with E-state index < -0.39 is 0 Å². The molecule has 6 nitrogen and oxygen atoms in total. The fourth-order valence-corrected chi connectivity index (χ4v) is 4.81. The Hall–Kier alpha value is -3.58. The lowest BCUT2D eigenvalue weighted by molar-refractivity contribution is 0.415. The van der Waals surface area contributed by atoms with E-state index in [0.717, 1.165) is 38.1 Å². The van der Waals surface area contributed by atoms with Crippen LogP contribution in [-0.2, 0) is 13.6 Å². The van der Waals surface area contributed by atoms with Gasteiger partial charge in [-0.2, -0.15) is 0 Å². The first-order valence-corrected chi connectivity index (χ1v) is 11.1. The Morgan fingerprint density at radius 2 is 1.78 bits per heavy atom. The molecule has 0 amide bonds. The highest BCUT2D eigenvalue weighted by Gasteiger charge is 2.18. The number of thiazole rings is 1. The Morgan fingerprint density at radius 1 is 1.09 bits per heavy atom. The molecule has 2 heterocycles. The second-order valence-electron chi connectivity index (χ2n) is 7.44. The number of hydrogen-bond donors (Lipinski definition) is 0. The minimum absolute atomic E-state index is 0.140. The van der Waals surface area contributed by atoms with Gasteiger partial charge in [-0.05, 0) is 55.8 Å². The van der Waals surface area contributed by atoms with Gasteiger partial charge in [0.15, 0.2) is 10.5 Å². The first kappa shape index (κ1) is 21.6. The van der Waals surface area contributed by atoms with E-state index in [-0.39, 0.29) is 5.56 Å². The number of benzene rings is 2. The maximum atomic E-state index is 13.3. The maximum absolute atomic E-state index is 13.3. The molecule has 0 aliphatic carbocycles. The van der Waals surface area contributed by atoms with E-state index in [9.17, 15) is 4.79 Å². The van der Waals surface area contributed by atoms with Crippen molar-refractivity contribution in [2.24, 2.45) is 12.0 Å². The van der Waals surface area contributed by atoms with Gasteiger partial charge in [0.1, 0.15) is 5.75 Å². The molecule has 0 saturated heterocycles. The van der Waals surface area contributed by atoms with Crippen LogP contribution >= 0.6 is 11.3 Å². The Morgan fingerprint density at radius 3 is 2.41 bits per heavy atom. The average molecular weight is 447 g/mol. The fraction of sp³-hybridized carbons (Fsp3) is 0.200. The summed E-state index contributed by atoms with van der Waals surface area (Å²) in [6.07, 6.45) is 1.85. The molecule has 0 aliphatic rings. The lowest BCUT2D eigenvalue weighted by Gasteiger charge is -2.09. The summed E-state index contributed by atoms with van der Waals surface area (Å²) in [6, 6.07) is 17.6. The molecule has 0 saturated carbocycles. The predicted molar refractivity (Wildman–Crippen MR) is 130 cm³/mol. The van der Waals surface area contributed by atoms with Crippen LogP contribution in [0, 0.1) is 13.8 Å². The SMILES string of the molecule is C=CCn1c(-c2ccc(OC)cc2)c(C)sc1=Nc1c(C)n(C)n(-c2ccccc2)c1=O. The zero-order valence-corrected chi connectivity index (χ0v) is 19.5. The summed E-state index contributed by atoms with van der Waals surface area (Å²) in [7, 11) is 3.53. The third-order valence-corrected chi connectivity index (χ3v) is 6.48. The normalized spacial score (nSPS) is 11.7. The van der Waals surface area contributed by atoms with E-state index in [4.69, 9.17) is 9.73 Å². The molecule has 4 aromatic rings. The van der Waals surface area contributed by atoms with Crippen LogP contribution in [0.3, 0.4) is 0 Å². The summed E-state index contributed by atoms with van der Waals surface area (Å²) >= 11 is 1.57. The Kier molecular flexibility index (Phi) is 6.01. The maximum Gasteiger partial charge on any atom is 0.297 e. The van der Waals surface area contributed by atoms with Crippen molar-refractivity contribution >= 4 is 17.0 Å². The summed E-state index contributed by atoms with van der Waals surface area (Å²) in [5.74, 6) is 0.809. The van der Waals surface area contributed by atoms with Gasteiger partial charge in [-0.15, -0.1) is 17.9 Å². The summed E-state index contributed by atoms with van der Waals surface area (Å²) < 4.78 is 10.9. The van der Waals surface area contributed by atoms with Crippen LogP contribution < -0.4 is 15.1 Å². The standard InChI is InChI=1S/C25H26N4O2S/c1-6-16-28-23(19-12-14-21(31-5)15-13-19)18(3)32-25(28)26-22-17(2)27(4)29(24(22)30)20-10-8-7-9-11-20/h6-15H,1,16H2,2-5H3. The molecule has 164 valence electrons. The van der Waals surface area contributed by atoms with Crippen LogP contribution in [0.4, 0.5) is 5.69 Å². The highest BCUT2D eigenvalue weighted by Crippen LogP contribution is 2.28. The third kappa shape index (κ3) is 3.76. The van der Waals surface area contributed by atoms with Crippen molar-refractivity contribution in [3.8, 4) is 22.7 Å². The van der Waals surface area contributed by atoms with Crippen molar-refractivity contribution in [2.45, 2.75) is 20.4 Å². The van der Waals surface area contributed by atoms with Crippen molar-refractivity contribution in [2.75, 3.05) is 7.11 Å². The summed E-state index contributed by atoms with van der Waals surface area (Å²) in [5, 5.41) is 0. The van der Waals surface area contributed by atoms with Gasteiger partial charge in [0.25, 0.3) is 5.56 Å². The van der Waals surface area contributed by atoms with Crippen LogP contribution in [0.1, 0.15) is 10.6 Å². The molecular weight excluding hydrogens is 420 g/mol. The van der Waals surface area contributed by atoms with Gasteiger partial charge < -0.3 is 9.30 Å². The second kappa shape index (κ2) is 8.88. The molecule has 2 aromatic carbocycles. The van der Waals surface area contributed by atoms with E-state index in [2.05, 4.69) is 18.1 Å². The first-order valence-electron chi connectivity index (χ1n) is 10.3.